The van der Waals surface area contributed by atoms with Gasteiger partial charge < -0.3 is 20.1 Å². The molecule has 3 aromatic carbocycles. The first kappa shape index (κ1) is 29.6. The smallest absolute Gasteiger partial charge is 0.408 e. The summed E-state index contributed by atoms with van der Waals surface area (Å²) in [5, 5.41) is 15.4. The predicted octanol–water partition coefficient (Wildman–Crippen LogP) is 4.12. The van der Waals surface area contributed by atoms with Crippen LogP contribution in [-0.4, -0.2) is 73.3 Å². The van der Waals surface area contributed by atoms with Gasteiger partial charge in [-0.15, -0.1) is 0 Å². The van der Waals surface area contributed by atoms with Crippen molar-refractivity contribution in [2.24, 2.45) is 5.41 Å². The van der Waals surface area contributed by atoms with Crippen LogP contribution in [0.25, 0.3) is 21.7 Å². The van der Waals surface area contributed by atoms with Crippen molar-refractivity contribution in [3.63, 3.8) is 0 Å². The predicted molar refractivity (Wildman–Crippen MR) is 161 cm³/mol. The molecule has 4 N–H and O–H groups in total. The normalized spacial score (nSPS) is 18.7. The first-order valence-electron chi connectivity index (χ1n) is 13.8. The lowest BCUT2D eigenvalue weighted by molar-refractivity contribution is -0.128. The van der Waals surface area contributed by atoms with Gasteiger partial charge in [0, 0.05) is 30.2 Å². The number of nitrogens with zero attached hydrogens (tertiary/aromatic N) is 1. The third kappa shape index (κ3) is 5.72. The fourth-order valence-corrected chi connectivity index (χ4v) is 6.89. The molecule has 0 bridgehead atoms. The summed E-state index contributed by atoms with van der Waals surface area (Å²) in [6.07, 6.45) is 0.743. The first-order valence-corrected chi connectivity index (χ1v) is 15.3. The highest BCUT2D eigenvalue weighted by Crippen LogP contribution is 2.38. The average Bonchev–Trinajstić information content (AvgIpc) is 3.37. The van der Waals surface area contributed by atoms with Crippen molar-refractivity contribution in [2.75, 3.05) is 26.3 Å². The molecule has 222 valence electrons. The molecule has 10 nitrogen and oxygen atoms in total. The molecule has 2 amide bonds. The van der Waals surface area contributed by atoms with E-state index >= 15 is 0 Å². The van der Waals surface area contributed by atoms with Crippen LogP contribution in [0.4, 0.5) is 4.79 Å². The molecular weight excluding hydrogens is 556 g/mol. The molecule has 0 saturated carbocycles. The van der Waals surface area contributed by atoms with Gasteiger partial charge in [-0.3, -0.25) is 9.69 Å². The number of nitrogens with one attached hydrogen (secondary N) is 3. The SMILES string of the molecule is CC(C)(C)C1(CNC(=O)[C@@H](Cc2c[nH]c3ccccc23)NS(=O)(=O)c2ccc3ccccc3c2)COCCN1C(=O)O. The second kappa shape index (κ2) is 11.4. The number of benzene rings is 3. The summed E-state index contributed by atoms with van der Waals surface area (Å²) in [6, 6.07) is 18.7. The van der Waals surface area contributed by atoms with Crippen LogP contribution in [0.5, 0.6) is 0 Å². The van der Waals surface area contributed by atoms with Crippen LogP contribution >= 0.6 is 0 Å². The van der Waals surface area contributed by atoms with E-state index in [1.54, 1.807) is 18.3 Å². The highest BCUT2D eigenvalue weighted by molar-refractivity contribution is 7.89. The number of H-pyrrole nitrogens is 1. The Hall–Kier alpha value is -3.93. The van der Waals surface area contributed by atoms with Gasteiger partial charge >= 0.3 is 6.09 Å². The molecule has 1 aliphatic rings. The summed E-state index contributed by atoms with van der Waals surface area (Å²) in [7, 11) is -4.11. The largest absolute Gasteiger partial charge is 0.465 e. The Kier molecular flexibility index (Phi) is 8.02. The number of aromatic amines is 1. The van der Waals surface area contributed by atoms with E-state index in [1.807, 2.05) is 69.3 Å². The number of morpholine rings is 1. The Morgan fingerprint density at radius 2 is 1.79 bits per heavy atom. The summed E-state index contributed by atoms with van der Waals surface area (Å²) in [6.45, 7) is 6.16. The number of carbonyl (C=O) groups excluding carboxylic acids is 1. The highest BCUT2D eigenvalue weighted by atomic mass is 32.2. The van der Waals surface area contributed by atoms with Crippen LogP contribution in [-0.2, 0) is 26.0 Å². The van der Waals surface area contributed by atoms with E-state index < -0.39 is 39.0 Å². The van der Waals surface area contributed by atoms with E-state index in [0.717, 1.165) is 27.2 Å². The maximum absolute atomic E-state index is 13.9. The van der Waals surface area contributed by atoms with Crippen molar-refractivity contribution in [3.05, 3.63) is 78.5 Å². The number of amides is 2. The zero-order valence-corrected chi connectivity index (χ0v) is 24.7. The lowest BCUT2D eigenvalue weighted by atomic mass is 9.72. The number of ether oxygens (including phenoxy) is 1. The molecule has 0 spiro atoms. The van der Waals surface area contributed by atoms with Gasteiger partial charge in [0.2, 0.25) is 15.9 Å². The van der Waals surface area contributed by atoms with Gasteiger partial charge in [0.1, 0.15) is 6.04 Å². The number of sulfonamides is 1. The second-order valence-corrected chi connectivity index (χ2v) is 13.4. The molecule has 11 heteroatoms. The minimum Gasteiger partial charge on any atom is -0.465 e. The summed E-state index contributed by atoms with van der Waals surface area (Å²) in [4.78, 5) is 30.6. The summed E-state index contributed by atoms with van der Waals surface area (Å²) < 4.78 is 35.7. The second-order valence-electron chi connectivity index (χ2n) is 11.7. The van der Waals surface area contributed by atoms with E-state index in [0.29, 0.717) is 0 Å². The molecule has 4 aromatic rings. The number of hydrogen-bond donors (Lipinski definition) is 4. The molecule has 1 fully saturated rings. The van der Waals surface area contributed by atoms with E-state index in [1.165, 1.54) is 11.0 Å². The van der Waals surface area contributed by atoms with Gasteiger partial charge in [0.05, 0.1) is 23.6 Å². The lowest BCUT2D eigenvalue weighted by Crippen LogP contribution is -2.70. The Morgan fingerprint density at radius 3 is 2.52 bits per heavy atom. The van der Waals surface area contributed by atoms with Crippen molar-refractivity contribution in [1.82, 2.24) is 19.9 Å². The summed E-state index contributed by atoms with van der Waals surface area (Å²) in [5.41, 5.74) is -0.0245. The number of carboxylic acid groups (broad SMARTS) is 1. The Labute approximate surface area is 245 Å². The Morgan fingerprint density at radius 1 is 1.07 bits per heavy atom. The lowest BCUT2D eigenvalue weighted by Gasteiger charge is -2.53. The maximum atomic E-state index is 13.9. The van der Waals surface area contributed by atoms with E-state index in [-0.39, 0.29) is 37.6 Å². The van der Waals surface area contributed by atoms with Crippen molar-refractivity contribution in [2.45, 2.75) is 43.7 Å². The summed E-state index contributed by atoms with van der Waals surface area (Å²) in [5.74, 6) is -0.566. The number of fused-ring (bicyclic) bond motifs is 2. The van der Waals surface area contributed by atoms with Gasteiger partial charge in [-0.05, 0) is 46.4 Å². The van der Waals surface area contributed by atoms with Gasteiger partial charge in [0.25, 0.3) is 0 Å². The van der Waals surface area contributed by atoms with Crippen molar-refractivity contribution < 1.29 is 27.9 Å². The number of aromatic nitrogens is 1. The zero-order chi connectivity index (χ0) is 30.1. The standard InChI is InChI=1S/C31H36N4O6S/c1-30(2,3)31(20-41-15-14-35(31)29(37)38)19-33-28(36)27(17-23-18-32-26-11-7-6-10-25(23)26)34-42(39,40)24-13-12-21-8-4-5-9-22(21)16-24/h4-13,16,18,27,32,34H,14-15,17,19-20H2,1-3H3,(H,33,36)(H,37,38)/t27-,31?/m1/s1. The summed E-state index contributed by atoms with van der Waals surface area (Å²) >= 11 is 0. The topological polar surface area (TPSA) is 141 Å². The zero-order valence-electron chi connectivity index (χ0n) is 23.9. The van der Waals surface area contributed by atoms with Gasteiger partial charge in [-0.25, -0.2) is 13.2 Å². The quantitative estimate of drug-likeness (QED) is 0.243. The number of hydrogen-bond acceptors (Lipinski definition) is 5. The minimum absolute atomic E-state index is 0.0434. The van der Waals surface area contributed by atoms with E-state index in [9.17, 15) is 23.1 Å². The van der Waals surface area contributed by atoms with Crippen LogP contribution in [0.3, 0.4) is 0 Å². The Bertz CT molecular complexity index is 1730. The minimum atomic E-state index is -4.11. The molecule has 1 saturated heterocycles. The van der Waals surface area contributed by atoms with Crippen molar-refractivity contribution in [1.29, 1.82) is 0 Å². The fraction of sp³-hybridized carbons (Fsp3) is 0.355. The van der Waals surface area contributed by atoms with Crippen molar-refractivity contribution >= 4 is 43.7 Å². The molecule has 1 aromatic heterocycles. The number of para-hydroxylation sites is 1. The molecule has 0 radical (unpaired) electrons. The fourth-order valence-electron chi connectivity index (χ4n) is 5.66. The number of rotatable bonds is 8. The van der Waals surface area contributed by atoms with Gasteiger partial charge in [0.15, 0.2) is 0 Å². The molecule has 5 rings (SSSR count). The molecule has 0 aliphatic carbocycles. The number of carbonyl (C=O) groups is 2. The molecule has 2 heterocycles. The van der Waals surface area contributed by atoms with E-state index in [2.05, 4.69) is 15.0 Å². The van der Waals surface area contributed by atoms with Crippen LogP contribution < -0.4 is 10.0 Å². The molecule has 1 unspecified atom stereocenters. The molecule has 42 heavy (non-hydrogen) atoms. The van der Waals surface area contributed by atoms with Crippen LogP contribution in [0, 0.1) is 5.41 Å². The van der Waals surface area contributed by atoms with Crippen LogP contribution in [0.1, 0.15) is 26.3 Å². The molecular formula is C31H36N4O6S. The average molecular weight is 593 g/mol. The van der Waals surface area contributed by atoms with Gasteiger partial charge in [-0.2, -0.15) is 4.72 Å². The Balaban J connectivity index is 1.46. The van der Waals surface area contributed by atoms with E-state index in [4.69, 9.17) is 4.74 Å². The maximum Gasteiger partial charge on any atom is 0.408 e. The highest BCUT2D eigenvalue weighted by Gasteiger charge is 2.51. The van der Waals surface area contributed by atoms with Crippen LogP contribution in [0.2, 0.25) is 0 Å². The van der Waals surface area contributed by atoms with Crippen molar-refractivity contribution in [3.8, 4) is 0 Å². The van der Waals surface area contributed by atoms with Gasteiger partial charge in [-0.1, -0.05) is 69.3 Å². The molecule has 1 aliphatic heterocycles. The third-order valence-corrected chi connectivity index (χ3v) is 9.71. The molecule has 2 atom stereocenters. The monoisotopic (exact) mass is 592 g/mol. The third-order valence-electron chi connectivity index (χ3n) is 8.24. The van der Waals surface area contributed by atoms with Crippen LogP contribution in [0.15, 0.2) is 77.8 Å². The first-order chi connectivity index (χ1) is 19.9.